The number of hydrogen-bond acceptors (Lipinski definition) is 5. The first-order chi connectivity index (χ1) is 15.3. The Kier molecular flexibility index (Phi) is 7.80. The van der Waals surface area contributed by atoms with Crippen LogP contribution in [0.1, 0.15) is 27.9 Å². The zero-order chi connectivity index (χ0) is 23.3. The van der Waals surface area contributed by atoms with E-state index < -0.39 is 6.61 Å². The molecule has 0 aliphatic carbocycles. The van der Waals surface area contributed by atoms with Crippen molar-refractivity contribution in [1.82, 2.24) is 9.88 Å². The molecule has 0 aliphatic rings. The molecule has 0 unspecified atom stereocenters. The van der Waals surface area contributed by atoms with E-state index in [0.29, 0.717) is 13.2 Å². The minimum absolute atomic E-state index is 0.0255. The van der Waals surface area contributed by atoms with Gasteiger partial charge >= 0.3 is 6.61 Å². The highest BCUT2D eigenvalue weighted by molar-refractivity contribution is 7.12. The molecule has 0 atom stereocenters. The number of aryl methyl sites for hydroxylation is 2. The number of nitrogens with zero attached hydrogens (tertiary/aromatic N) is 2. The van der Waals surface area contributed by atoms with Crippen molar-refractivity contribution in [3.05, 3.63) is 63.5 Å². The van der Waals surface area contributed by atoms with Crippen LogP contribution in [0, 0.1) is 13.8 Å². The van der Waals surface area contributed by atoms with Crippen molar-refractivity contribution in [1.29, 1.82) is 0 Å². The van der Waals surface area contributed by atoms with E-state index in [9.17, 15) is 13.6 Å². The predicted octanol–water partition coefficient (Wildman–Crippen LogP) is 5.63. The van der Waals surface area contributed by atoms with E-state index in [1.54, 1.807) is 31.0 Å². The van der Waals surface area contributed by atoms with Crippen molar-refractivity contribution in [2.45, 2.75) is 40.3 Å². The fourth-order valence-electron chi connectivity index (χ4n) is 3.27. The van der Waals surface area contributed by atoms with Crippen LogP contribution in [0.2, 0.25) is 0 Å². The molecule has 0 radical (unpaired) electrons. The Morgan fingerprint density at radius 3 is 2.50 bits per heavy atom. The molecule has 0 saturated heterocycles. The van der Waals surface area contributed by atoms with Crippen LogP contribution in [0.25, 0.3) is 11.3 Å². The highest BCUT2D eigenvalue weighted by Gasteiger charge is 2.18. The number of carbonyl (C=O) groups is 1. The van der Waals surface area contributed by atoms with Gasteiger partial charge in [-0.1, -0.05) is 35.9 Å². The maximum atomic E-state index is 12.9. The largest absolute Gasteiger partial charge is 0.490 e. The average molecular weight is 461 g/mol. The Balaban J connectivity index is 1.73. The first-order valence-corrected chi connectivity index (χ1v) is 11.1. The topological polar surface area (TPSA) is 51.7 Å². The van der Waals surface area contributed by atoms with Gasteiger partial charge in [0.05, 0.1) is 23.7 Å². The number of alkyl halides is 2. The van der Waals surface area contributed by atoms with E-state index in [1.165, 1.54) is 17.4 Å². The number of benzene rings is 2. The number of ether oxygens (including phenoxy) is 2. The second kappa shape index (κ2) is 10.5. The summed E-state index contributed by atoms with van der Waals surface area (Å²) in [5.41, 5.74) is 3.74. The zero-order valence-corrected chi connectivity index (χ0v) is 19.3. The van der Waals surface area contributed by atoms with Gasteiger partial charge in [0.15, 0.2) is 11.5 Å². The molecule has 3 rings (SSSR count). The van der Waals surface area contributed by atoms with Gasteiger partial charge in [0.1, 0.15) is 0 Å². The molecule has 3 aromatic rings. The molecule has 0 N–H and O–H groups in total. The first-order valence-electron chi connectivity index (χ1n) is 10.2. The Hall–Kier alpha value is -3.00. The second-order valence-corrected chi connectivity index (χ2v) is 8.68. The zero-order valence-electron chi connectivity index (χ0n) is 18.5. The molecule has 0 spiro atoms. The molecule has 0 aliphatic heterocycles. The molecule has 0 fully saturated rings. The summed E-state index contributed by atoms with van der Waals surface area (Å²) in [5.74, 6) is 0.140. The monoisotopic (exact) mass is 460 g/mol. The summed E-state index contributed by atoms with van der Waals surface area (Å²) < 4.78 is 35.1. The minimum atomic E-state index is -2.94. The van der Waals surface area contributed by atoms with Gasteiger partial charge in [0, 0.05) is 24.0 Å². The maximum absolute atomic E-state index is 12.9. The van der Waals surface area contributed by atoms with Gasteiger partial charge in [0.2, 0.25) is 5.91 Å². The van der Waals surface area contributed by atoms with Gasteiger partial charge in [-0.25, -0.2) is 4.98 Å². The Morgan fingerprint density at radius 2 is 1.84 bits per heavy atom. The summed E-state index contributed by atoms with van der Waals surface area (Å²) in [6.45, 7) is 3.40. The number of likely N-dealkylation sites (N-methyl/N-ethyl adjacent to an activating group) is 1. The van der Waals surface area contributed by atoms with Crippen molar-refractivity contribution in [2.75, 3.05) is 13.7 Å². The van der Waals surface area contributed by atoms with Gasteiger partial charge in [-0.15, -0.1) is 11.3 Å². The number of thiazole rings is 1. The van der Waals surface area contributed by atoms with E-state index in [-0.39, 0.29) is 23.8 Å². The van der Waals surface area contributed by atoms with Crippen LogP contribution in [-0.4, -0.2) is 36.1 Å². The van der Waals surface area contributed by atoms with E-state index in [4.69, 9.17) is 4.74 Å². The summed E-state index contributed by atoms with van der Waals surface area (Å²) in [6, 6.07) is 12.8. The molecule has 1 amide bonds. The molecule has 32 heavy (non-hydrogen) atoms. The standard InChI is InChI=1S/C24H26F2N2O3S/c1-5-30-20-12-17(8-11-19(20)31-24(25)26)14-28(4)22(29)13-21-23(27-16(3)32-21)18-9-6-15(2)7-10-18/h6-12,24H,5,13-14H2,1-4H3. The van der Waals surface area contributed by atoms with Crippen LogP contribution in [0.15, 0.2) is 42.5 Å². The van der Waals surface area contributed by atoms with Crippen LogP contribution in [-0.2, 0) is 17.8 Å². The first kappa shape index (κ1) is 23.7. The number of aromatic nitrogens is 1. The van der Waals surface area contributed by atoms with Crippen LogP contribution < -0.4 is 9.47 Å². The number of carbonyl (C=O) groups excluding carboxylic acids is 1. The van der Waals surface area contributed by atoms with Crippen LogP contribution >= 0.6 is 11.3 Å². The predicted molar refractivity (Wildman–Crippen MR) is 121 cm³/mol. The molecule has 1 heterocycles. The third-order valence-electron chi connectivity index (χ3n) is 4.81. The fraction of sp³-hybridized carbons (Fsp3) is 0.333. The maximum Gasteiger partial charge on any atom is 0.387 e. The fourth-order valence-corrected chi connectivity index (χ4v) is 4.22. The number of halogens is 2. The quantitative estimate of drug-likeness (QED) is 0.415. The minimum Gasteiger partial charge on any atom is -0.490 e. The van der Waals surface area contributed by atoms with E-state index in [1.807, 2.05) is 38.1 Å². The third-order valence-corrected chi connectivity index (χ3v) is 5.78. The highest BCUT2D eigenvalue weighted by atomic mass is 32.1. The smallest absolute Gasteiger partial charge is 0.387 e. The molecule has 170 valence electrons. The lowest BCUT2D eigenvalue weighted by molar-refractivity contribution is -0.129. The van der Waals surface area contributed by atoms with Gasteiger partial charge in [0.25, 0.3) is 0 Å². The van der Waals surface area contributed by atoms with E-state index in [2.05, 4.69) is 9.72 Å². The molecular weight excluding hydrogens is 434 g/mol. The summed E-state index contributed by atoms with van der Waals surface area (Å²) in [6.07, 6.45) is 0.232. The molecular formula is C24H26F2N2O3S. The van der Waals surface area contributed by atoms with Gasteiger partial charge < -0.3 is 14.4 Å². The molecule has 8 heteroatoms. The summed E-state index contributed by atoms with van der Waals surface area (Å²) in [4.78, 5) is 20.1. The summed E-state index contributed by atoms with van der Waals surface area (Å²) >= 11 is 1.52. The lowest BCUT2D eigenvalue weighted by atomic mass is 10.1. The molecule has 0 saturated carbocycles. The molecule has 5 nitrogen and oxygen atoms in total. The summed E-state index contributed by atoms with van der Waals surface area (Å²) in [5, 5.41) is 0.905. The van der Waals surface area contributed by atoms with Gasteiger partial charge in [-0.05, 0) is 38.5 Å². The van der Waals surface area contributed by atoms with Crippen molar-refractivity contribution in [3.8, 4) is 22.8 Å². The number of hydrogen-bond donors (Lipinski definition) is 0. The van der Waals surface area contributed by atoms with Gasteiger partial charge in [-0.2, -0.15) is 8.78 Å². The third kappa shape index (κ3) is 6.03. The van der Waals surface area contributed by atoms with Crippen LogP contribution in [0.5, 0.6) is 11.5 Å². The molecule has 0 bridgehead atoms. The van der Waals surface area contributed by atoms with Crippen LogP contribution in [0.4, 0.5) is 8.78 Å². The average Bonchev–Trinajstić information content (AvgIpc) is 3.10. The number of rotatable bonds is 9. The Labute approximate surface area is 190 Å². The Bertz CT molecular complexity index is 1070. The van der Waals surface area contributed by atoms with E-state index in [0.717, 1.165) is 32.3 Å². The lowest BCUT2D eigenvalue weighted by Gasteiger charge is -2.19. The highest BCUT2D eigenvalue weighted by Crippen LogP contribution is 2.31. The summed E-state index contributed by atoms with van der Waals surface area (Å²) in [7, 11) is 1.71. The second-order valence-electron chi connectivity index (χ2n) is 7.39. The Morgan fingerprint density at radius 1 is 1.12 bits per heavy atom. The van der Waals surface area contributed by atoms with Crippen molar-refractivity contribution < 1.29 is 23.0 Å². The molecule has 2 aromatic carbocycles. The van der Waals surface area contributed by atoms with Crippen LogP contribution in [0.3, 0.4) is 0 Å². The molecule has 1 aromatic heterocycles. The van der Waals surface area contributed by atoms with E-state index >= 15 is 0 Å². The van der Waals surface area contributed by atoms with Crippen molar-refractivity contribution in [2.24, 2.45) is 0 Å². The number of amides is 1. The van der Waals surface area contributed by atoms with Crippen molar-refractivity contribution in [3.63, 3.8) is 0 Å². The SMILES string of the molecule is CCOc1cc(CN(C)C(=O)Cc2sc(C)nc2-c2ccc(C)cc2)ccc1OC(F)F. The van der Waals surface area contributed by atoms with Crippen molar-refractivity contribution >= 4 is 17.2 Å². The lowest BCUT2D eigenvalue weighted by Crippen LogP contribution is -2.27. The normalized spacial score (nSPS) is 11.0. The van der Waals surface area contributed by atoms with Gasteiger partial charge in [-0.3, -0.25) is 4.79 Å².